The van der Waals surface area contributed by atoms with Crippen molar-refractivity contribution in [1.29, 1.82) is 0 Å². The number of aromatic nitrogens is 3. The fourth-order valence-electron chi connectivity index (χ4n) is 3.17. The minimum atomic E-state index is -3.74. The Kier molecular flexibility index (Phi) is 5.70. The fourth-order valence-corrected chi connectivity index (χ4v) is 4.22. The van der Waals surface area contributed by atoms with Crippen molar-refractivity contribution < 1.29 is 17.6 Å². The predicted octanol–water partition coefficient (Wildman–Crippen LogP) is 0.149. The Morgan fingerprint density at radius 1 is 1.17 bits per heavy atom. The van der Waals surface area contributed by atoms with E-state index >= 15 is 0 Å². The Bertz CT molecular complexity index is 1200. The van der Waals surface area contributed by atoms with Gasteiger partial charge in [-0.15, -0.1) is 5.10 Å². The summed E-state index contributed by atoms with van der Waals surface area (Å²) in [6, 6.07) is 6.15. The zero-order valence-electron chi connectivity index (χ0n) is 16.4. The van der Waals surface area contributed by atoms with Gasteiger partial charge in [0, 0.05) is 39.3 Å². The molecule has 3 heterocycles. The van der Waals surface area contributed by atoms with Crippen LogP contribution >= 0.6 is 0 Å². The molecule has 0 saturated carbocycles. The highest BCUT2D eigenvalue weighted by Gasteiger charge is 2.17. The topological polar surface area (TPSA) is 132 Å². The summed E-state index contributed by atoms with van der Waals surface area (Å²) in [6.07, 6.45) is 1.69. The van der Waals surface area contributed by atoms with Crippen LogP contribution in [-0.2, 0) is 21.8 Å². The van der Waals surface area contributed by atoms with E-state index in [1.54, 1.807) is 6.20 Å². The monoisotopic (exact) mass is 434 g/mol. The number of ether oxygens (including phenoxy) is 1. The Morgan fingerprint density at radius 2 is 1.97 bits per heavy atom. The standard InChI is InChI=1S/C18H22N6O5S/c1-23-15-11-14(2-3-16(15)29-18(23)25)30(26,27)21-5-4-19-17-10-13(12-20-22-17)24-6-8-28-9-7-24/h2-3,10-12,21H,4-9H2,1H3,(H,19,22). The van der Waals surface area contributed by atoms with Crippen molar-refractivity contribution in [2.75, 3.05) is 49.6 Å². The van der Waals surface area contributed by atoms with E-state index in [-0.39, 0.29) is 11.4 Å². The average Bonchev–Trinajstić information content (AvgIpc) is 3.05. The van der Waals surface area contributed by atoms with Crippen LogP contribution in [0.25, 0.3) is 11.1 Å². The SMILES string of the molecule is Cn1c(=O)oc2ccc(S(=O)(=O)NCCNc3cc(N4CCOCC4)cnn3)cc21. The second-order valence-corrected chi connectivity index (χ2v) is 8.55. The van der Waals surface area contributed by atoms with E-state index in [1.807, 2.05) is 6.07 Å². The third-order valence-corrected chi connectivity index (χ3v) is 6.27. The molecule has 1 aliphatic heterocycles. The van der Waals surface area contributed by atoms with Crippen molar-refractivity contribution in [3.8, 4) is 0 Å². The van der Waals surface area contributed by atoms with Crippen LogP contribution in [0.5, 0.6) is 0 Å². The summed E-state index contributed by atoms with van der Waals surface area (Å²) in [4.78, 5) is 13.8. The van der Waals surface area contributed by atoms with E-state index in [0.717, 1.165) is 18.8 Å². The molecule has 0 unspecified atom stereocenters. The molecule has 12 heteroatoms. The lowest BCUT2D eigenvalue weighted by Gasteiger charge is -2.28. The molecule has 160 valence electrons. The number of oxazole rings is 1. The van der Waals surface area contributed by atoms with Gasteiger partial charge >= 0.3 is 5.76 Å². The molecule has 1 saturated heterocycles. The molecule has 0 radical (unpaired) electrons. The molecule has 11 nitrogen and oxygen atoms in total. The molecule has 0 spiro atoms. The number of aryl methyl sites for hydroxylation is 1. The van der Waals surface area contributed by atoms with Gasteiger partial charge in [0.15, 0.2) is 11.4 Å². The Morgan fingerprint density at radius 3 is 2.77 bits per heavy atom. The van der Waals surface area contributed by atoms with Crippen molar-refractivity contribution in [1.82, 2.24) is 19.5 Å². The number of hydrogen-bond acceptors (Lipinski definition) is 9. The van der Waals surface area contributed by atoms with E-state index in [1.165, 1.54) is 29.8 Å². The number of fused-ring (bicyclic) bond motifs is 1. The molecular weight excluding hydrogens is 412 g/mol. The Labute approximate surface area is 172 Å². The molecule has 1 fully saturated rings. The summed E-state index contributed by atoms with van der Waals surface area (Å²) >= 11 is 0. The first kappa shape index (κ1) is 20.3. The lowest BCUT2D eigenvalue weighted by atomic mass is 10.3. The largest absolute Gasteiger partial charge is 0.419 e. The highest BCUT2D eigenvalue weighted by Crippen LogP contribution is 2.18. The summed E-state index contributed by atoms with van der Waals surface area (Å²) < 4.78 is 39.3. The van der Waals surface area contributed by atoms with Gasteiger partial charge in [-0.25, -0.2) is 17.9 Å². The highest BCUT2D eigenvalue weighted by molar-refractivity contribution is 7.89. The van der Waals surface area contributed by atoms with Crippen LogP contribution in [0, 0.1) is 0 Å². The number of nitrogens with one attached hydrogen (secondary N) is 2. The third kappa shape index (κ3) is 4.30. The smallest absolute Gasteiger partial charge is 0.408 e. The third-order valence-electron chi connectivity index (χ3n) is 4.81. The van der Waals surface area contributed by atoms with Crippen LogP contribution in [0.3, 0.4) is 0 Å². The molecule has 0 aliphatic carbocycles. The van der Waals surface area contributed by atoms with E-state index in [9.17, 15) is 13.2 Å². The Balaban J connectivity index is 1.36. The zero-order valence-corrected chi connectivity index (χ0v) is 17.2. The van der Waals surface area contributed by atoms with Crippen LogP contribution in [0.1, 0.15) is 0 Å². The maximum absolute atomic E-state index is 12.6. The van der Waals surface area contributed by atoms with Gasteiger partial charge in [-0.3, -0.25) is 4.57 Å². The van der Waals surface area contributed by atoms with Gasteiger partial charge in [-0.2, -0.15) is 5.10 Å². The molecule has 1 aromatic carbocycles. The zero-order chi connectivity index (χ0) is 21.1. The highest BCUT2D eigenvalue weighted by atomic mass is 32.2. The summed E-state index contributed by atoms with van der Waals surface area (Å²) in [5.74, 6) is 0.0186. The van der Waals surface area contributed by atoms with Crippen LogP contribution in [0.15, 0.2) is 44.6 Å². The normalized spacial score (nSPS) is 14.9. The van der Waals surface area contributed by atoms with Crippen LogP contribution < -0.4 is 20.7 Å². The number of benzene rings is 1. The van der Waals surface area contributed by atoms with E-state index in [4.69, 9.17) is 9.15 Å². The number of sulfonamides is 1. The number of rotatable bonds is 7. The van der Waals surface area contributed by atoms with Crippen LogP contribution in [0.2, 0.25) is 0 Å². The first-order valence-electron chi connectivity index (χ1n) is 9.42. The van der Waals surface area contributed by atoms with E-state index in [2.05, 4.69) is 25.1 Å². The summed E-state index contributed by atoms with van der Waals surface area (Å²) in [6.45, 7) is 3.40. The Hall–Kier alpha value is -2.96. The van der Waals surface area contributed by atoms with E-state index < -0.39 is 15.8 Å². The van der Waals surface area contributed by atoms with Crippen molar-refractivity contribution in [2.24, 2.45) is 7.05 Å². The molecule has 2 N–H and O–H groups in total. The molecule has 30 heavy (non-hydrogen) atoms. The van der Waals surface area contributed by atoms with Crippen molar-refractivity contribution in [3.05, 3.63) is 41.0 Å². The molecule has 0 bridgehead atoms. The molecular formula is C18H22N6O5S. The van der Waals surface area contributed by atoms with Gasteiger partial charge < -0.3 is 19.4 Å². The minimum Gasteiger partial charge on any atom is -0.408 e. The van der Waals surface area contributed by atoms with Crippen molar-refractivity contribution >= 4 is 32.6 Å². The van der Waals surface area contributed by atoms with Crippen LogP contribution in [0.4, 0.5) is 11.5 Å². The molecule has 2 aromatic heterocycles. The van der Waals surface area contributed by atoms with Gasteiger partial charge in [0.25, 0.3) is 0 Å². The van der Waals surface area contributed by atoms with Gasteiger partial charge in [-0.1, -0.05) is 0 Å². The lowest BCUT2D eigenvalue weighted by Crippen LogP contribution is -2.36. The molecule has 4 rings (SSSR count). The number of hydrogen-bond donors (Lipinski definition) is 2. The quantitative estimate of drug-likeness (QED) is 0.499. The first-order chi connectivity index (χ1) is 14.4. The molecule has 0 atom stereocenters. The second kappa shape index (κ2) is 8.42. The molecule has 3 aromatic rings. The maximum atomic E-state index is 12.6. The predicted molar refractivity (Wildman–Crippen MR) is 110 cm³/mol. The van der Waals surface area contributed by atoms with Gasteiger partial charge in [0.05, 0.1) is 35.5 Å². The van der Waals surface area contributed by atoms with Gasteiger partial charge in [0.2, 0.25) is 10.0 Å². The maximum Gasteiger partial charge on any atom is 0.419 e. The second-order valence-electron chi connectivity index (χ2n) is 6.78. The number of morpholine rings is 1. The lowest BCUT2D eigenvalue weighted by molar-refractivity contribution is 0.122. The average molecular weight is 434 g/mol. The number of nitrogens with zero attached hydrogens (tertiary/aromatic N) is 4. The van der Waals surface area contributed by atoms with Crippen molar-refractivity contribution in [2.45, 2.75) is 4.90 Å². The van der Waals surface area contributed by atoms with Crippen LogP contribution in [-0.4, -0.2) is 62.6 Å². The molecule has 0 amide bonds. The van der Waals surface area contributed by atoms with E-state index in [0.29, 0.717) is 36.7 Å². The molecule has 1 aliphatic rings. The number of anilines is 2. The first-order valence-corrected chi connectivity index (χ1v) is 10.9. The fraction of sp³-hybridized carbons (Fsp3) is 0.389. The minimum absolute atomic E-state index is 0.0560. The summed E-state index contributed by atoms with van der Waals surface area (Å²) in [5, 5.41) is 11.1. The summed E-state index contributed by atoms with van der Waals surface area (Å²) in [5.41, 5.74) is 1.69. The summed E-state index contributed by atoms with van der Waals surface area (Å²) in [7, 11) is -2.22. The van der Waals surface area contributed by atoms with Crippen molar-refractivity contribution in [3.63, 3.8) is 0 Å². The van der Waals surface area contributed by atoms with Gasteiger partial charge in [0.1, 0.15) is 0 Å². The van der Waals surface area contributed by atoms with Gasteiger partial charge in [-0.05, 0) is 18.2 Å².